The van der Waals surface area contributed by atoms with E-state index in [4.69, 9.17) is 4.74 Å². The molecule has 1 aliphatic heterocycles. The number of rotatable bonds is 7. The Labute approximate surface area is 241 Å². The van der Waals surface area contributed by atoms with Gasteiger partial charge in [0.05, 0.1) is 11.5 Å². The first-order chi connectivity index (χ1) is 18.3. The van der Waals surface area contributed by atoms with Crippen LogP contribution in [0.3, 0.4) is 0 Å². The molecule has 2 aromatic rings. The molecule has 0 radical (unpaired) electrons. The maximum Gasteiger partial charge on any atom is 0.294 e. The molecular weight excluding hydrogens is 611 g/mol. The lowest BCUT2D eigenvalue weighted by Crippen LogP contribution is -2.48. The minimum atomic E-state index is -0.444. The quantitative estimate of drug-likeness (QED) is 0.265. The van der Waals surface area contributed by atoms with Crippen molar-refractivity contribution in [3.8, 4) is 5.75 Å². The fraction of sp³-hybridized carbons (Fsp3) is 0.433. The molecule has 5 fully saturated rings. The summed E-state index contributed by atoms with van der Waals surface area (Å²) in [6, 6.07) is 13.8. The number of nitrogens with zero attached hydrogens (tertiary/aromatic N) is 1. The summed E-state index contributed by atoms with van der Waals surface area (Å²) in [7, 11) is 0. The molecule has 4 saturated carbocycles. The van der Waals surface area contributed by atoms with Crippen LogP contribution in [0.1, 0.15) is 56.6 Å². The average Bonchev–Trinajstić information content (AvgIpc) is 3.13. The van der Waals surface area contributed by atoms with E-state index in [1.807, 2.05) is 25.1 Å². The summed E-state index contributed by atoms with van der Waals surface area (Å²) in [4.78, 5) is 39.9. The fourth-order valence-electron chi connectivity index (χ4n) is 7.40. The van der Waals surface area contributed by atoms with Crippen LogP contribution in [-0.2, 0) is 15.0 Å². The van der Waals surface area contributed by atoms with Crippen LogP contribution in [0.2, 0.25) is 0 Å². The van der Waals surface area contributed by atoms with Gasteiger partial charge in [-0.2, -0.15) is 0 Å². The molecule has 2 aromatic carbocycles. The molecule has 0 atom stereocenters. The molecular formula is C30H31IN2O4S. The topological polar surface area (TPSA) is 75.7 Å². The summed E-state index contributed by atoms with van der Waals surface area (Å²) >= 11 is 3.07. The van der Waals surface area contributed by atoms with E-state index in [9.17, 15) is 14.4 Å². The van der Waals surface area contributed by atoms with Gasteiger partial charge in [0, 0.05) is 14.8 Å². The summed E-state index contributed by atoms with van der Waals surface area (Å²) in [6.45, 7) is 2.13. The van der Waals surface area contributed by atoms with Crippen LogP contribution in [0.4, 0.5) is 10.5 Å². The number of halogens is 1. The molecule has 7 rings (SSSR count). The van der Waals surface area contributed by atoms with Crippen LogP contribution < -0.4 is 10.1 Å². The predicted octanol–water partition coefficient (Wildman–Crippen LogP) is 6.83. The maximum atomic E-state index is 13.2. The molecule has 6 nitrogen and oxygen atoms in total. The van der Waals surface area contributed by atoms with E-state index in [0.717, 1.165) is 43.5 Å². The van der Waals surface area contributed by atoms with Crippen molar-refractivity contribution in [3.63, 3.8) is 0 Å². The van der Waals surface area contributed by atoms with Gasteiger partial charge in [0.1, 0.15) is 12.3 Å². The van der Waals surface area contributed by atoms with E-state index in [-0.39, 0.29) is 12.0 Å². The third-order valence-electron chi connectivity index (χ3n) is 8.55. The first kappa shape index (κ1) is 25.9. The number of carbonyl (C=O) groups excluding carboxylic acids is 3. The molecule has 1 N–H and O–H groups in total. The van der Waals surface area contributed by atoms with Gasteiger partial charge in [-0.05, 0) is 151 Å². The first-order valence-electron chi connectivity index (χ1n) is 13.4. The number of amides is 3. The van der Waals surface area contributed by atoms with E-state index in [2.05, 4.69) is 40.0 Å². The third-order valence-corrected chi connectivity index (χ3v) is 10.2. The number of imide groups is 1. The number of hydrogen-bond donors (Lipinski definition) is 1. The number of anilines is 1. The number of benzene rings is 2. The minimum absolute atomic E-state index is 0.217. The Balaban J connectivity index is 1.23. The molecule has 1 heterocycles. The van der Waals surface area contributed by atoms with Gasteiger partial charge in [0.25, 0.3) is 11.1 Å². The van der Waals surface area contributed by atoms with Crippen LogP contribution in [0.25, 0.3) is 6.08 Å². The monoisotopic (exact) mass is 642 g/mol. The number of ether oxygens (including phenoxy) is 1. The minimum Gasteiger partial charge on any atom is -0.493 e. The van der Waals surface area contributed by atoms with E-state index in [1.54, 1.807) is 18.2 Å². The molecule has 8 heteroatoms. The Morgan fingerprint density at radius 2 is 1.74 bits per heavy atom. The Morgan fingerprint density at radius 1 is 1.08 bits per heavy atom. The van der Waals surface area contributed by atoms with Crippen LogP contribution >= 0.6 is 34.4 Å². The Bertz CT molecular complexity index is 1290. The normalized spacial score (nSPS) is 28.8. The summed E-state index contributed by atoms with van der Waals surface area (Å²) in [5, 5.41) is 2.33. The van der Waals surface area contributed by atoms with Gasteiger partial charge in [-0.15, -0.1) is 0 Å². The third kappa shape index (κ3) is 5.01. The summed E-state index contributed by atoms with van der Waals surface area (Å²) in [6.07, 6.45) is 9.67. The van der Waals surface area contributed by atoms with Crippen molar-refractivity contribution in [1.29, 1.82) is 0 Å². The molecule has 38 heavy (non-hydrogen) atoms. The second-order valence-electron chi connectivity index (χ2n) is 11.2. The van der Waals surface area contributed by atoms with Crippen LogP contribution in [0.15, 0.2) is 47.4 Å². The molecule has 198 valence electrons. The number of nitrogens with one attached hydrogen (secondary N) is 1. The van der Waals surface area contributed by atoms with Crippen LogP contribution in [0, 0.1) is 21.3 Å². The molecule has 0 spiro atoms. The zero-order valence-corrected chi connectivity index (χ0v) is 24.3. The van der Waals surface area contributed by atoms with Gasteiger partial charge in [-0.25, -0.2) is 0 Å². The van der Waals surface area contributed by atoms with Gasteiger partial charge < -0.3 is 10.1 Å². The SMILES string of the molecule is CCOc1ccc(C23CC4CC(CC(C4)C2)C3)cc1/C=C1/SC(=O)N(CC(=O)Nc2ccc(I)cc2)C1=O. The highest BCUT2D eigenvalue weighted by Gasteiger charge is 2.51. The second kappa shape index (κ2) is 10.3. The molecule has 4 aliphatic carbocycles. The van der Waals surface area contributed by atoms with Crippen LogP contribution in [0.5, 0.6) is 5.75 Å². The zero-order valence-electron chi connectivity index (χ0n) is 21.4. The predicted molar refractivity (Wildman–Crippen MR) is 158 cm³/mol. The lowest BCUT2D eigenvalue weighted by molar-refractivity contribution is -0.127. The molecule has 3 amide bonds. The maximum absolute atomic E-state index is 13.2. The fourth-order valence-corrected chi connectivity index (χ4v) is 8.59. The smallest absolute Gasteiger partial charge is 0.294 e. The van der Waals surface area contributed by atoms with Gasteiger partial charge in [-0.3, -0.25) is 19.3 Å². The van der Waals surface area contributed by atoms with Crippen molar-refractivity contribution in [1.82, 2.24) is 4.90 Å². The van der Waals surface area contributed by atoms with E-state index in [0.29, 0.717) is 22.9 Å². The standard InChI is InChI=1S/C30H31IN2O4S/c1-2-37-25-8-3-22(30-14-18-9-19(15-30)11-20(10-18)16-30)12-21(25)13-26-28(35)33(29(36)38-26)17-27(34)32-24-6-4-23(31)5-7-24/h3-8,12-13,18-20H,2,9-11,14-17H2,1H3,(H,32,34)/b26-13+. The van der Waals surface area contributed by atoms with Crippen molar-refractivity contribution in [2.45, 2.75) is 50.9 Å². The Kier molecular flexibility index (Phi) is 7.05. The van der Waals surface area contributed by atoms with E-state index in [1.165, 1.54) is 44.1 Å². The lowest BCUT2D eigenvalue weighted by atomic mass is 9.48. The zero-order chi connectivity index (χ0) is 26.4. The van der Waals surface area contributed by atoms with Gasteiger partial charge in [0.2, 0.25) is 5.91 Å². The molecule has 4 bridgehead atoms. The highest BCUT2D eigenvalue weighted by Crippen LogP contribution is 2.61. The number of hydrogen-bond acceptors (Lipinski definition) is 5. The van der Waals surface area contributed by atoms with Gasteiger partial charge >= 0.3 is 0 Å². The largest absolute Gasteiger partial charge is 0.493 e. The van der Waals surface area contributed by atoms with Gasteiger partial charge in [0.15, 0.2) is 0 Å². The summed E-state index contributed by atoms with van der Waals surface area (Å²) in [5.74, 6) is 2.36. The lowest BCUT2D eigenvalue weighted by Gasteiger charge is -2.57. The van der Waals surface area contributed by atoms with Crippen molar-refractivity contribution in [2.75, 3.05) is 18.5 Å². The second-order valence-corrected chi connectivity index (χ2v) is 13.4. The highest BCUT2D eigenvalue weighted by molar-refractivity contribution is 14.1. The van der Waals surface area contributed by atoms with E-state index < -0.39 is 17.1 Å². The molecule has 0 unspecified atom stereocenters. The van der Waals surface area contributed by atoms with Crippen LogP contribution in [-0.4, -0.2) is 35.1 Å². The van der Waals surface area contributed by atoms with E-state index >= 15 is 0 Å². The number of thioether (sulfide) groups is 1. The van der Waals surface area contributed by atoms with Crippen molar-refractivity contribution < 1.29 is 19.1 Å². The summed E-state index contributed by atoms with van der Waals surface area (Å²) < 4.78 is 6.97. The van der Waals surface area contributed by atoms with Crippen molar-refractivity contribution in [2.24, 2.45) is 17.8 Å². The van der Waals surface area contributed by atoms with Crippen molar-refractivity contribution >= 4 is 63.2 Å². The number of carbonyl (C=O) groups is 3. The molecule has 5 aliphatic rings. The Hall–Kier alpha value is -2.33. The molecule has 0 aromatic heterocycles. The Morgan fingerprint density at radius 3 is 2.37 bits per heavy atom. The van der Waals surface area contributed by atoms with Gasteiger partial charge in [-0.1, -0.05) is 6.07 Å². The first-order valence-corrected chi connectivity index (χ1v) is 15.3. The summed E-state index contributed by atoms with van der Waals surface area (Å²) in [5.41, 5.74) is 3.01. The average molecular weight is 643 g/mol. The highest BCUT2D eigenvalue weighted by atomic mass is 127. The van der Waals surface area contributed by atoms with Crippen molar-refractivity contribution in [3.05, 3.63) is 62.1 Å². The molecule has 1 saturated heterocycles.